The fourth-order valence-electron chi connectivity index (χ4n) is 1.64. The molecule has 2 atom stereocenters. The number of nitrogens with two attached hydrogens (primary N) is 1. The molecule has 0 bridgehead atoms. The predicted molar refractivity (Wildman–Crippen MR) is 55.0 cm³/mol. The highest BCUT2D eigenvalue weighted by molar-refractivity contribution is 7.12. The van der Waals surface area contributed by atoms with Crippen molar-refractivity contribution in [1.29, 1.82) is 0 Å². The van der Waals surface area contributed by atoms with Crippen molar-refractivity contribution >= 4 is 11.3 Å². The van der Waals surface area contributed by atoms with Crippen molar-refractivity contribution < 1.29 is 4.74 Å². The number of hydrogen-bond donors (Lipinski definition) is 1. The SMILES string of the molecule is CCc1ccc(C2OCCC2N)s1. The van der Waals surface area contributed by atoms with Crippen LogP contribution in [-0.2, 0) is 11.2 Å². The molecule has 1 fully saturated rings. The van der Waals surface area contributed by atoms with Crippen LogP contribution in [0.1, 0.15) is 29.2 Å². The maximum atomic E-state index is 5.94. The van der Waals surface area contributed by atoms with Crippen LogP contribution in [0.4, 0.5) is 0 Å². The zero-order valence-electron chi connectivity index (χ0n) is 7.82. The molecule has 1 saturated heterocycles. The summed E-state index contributed by atoms with van der Waals surface area (Å²) in [6, 6.07) is 4.52. The van der Waals surface area contributed by atoms with Crippen LogP contribution in [0, 0.1) is 0 Å². The minimum Gasteiger partial charge on any atom is -0.371 e. The summed E-state index contributed by atoms with van der Waals surface area (Å²) in [5.41, 5.74) is 5.94. The Bertz CT molecular complexity index is 284. The van der Waals surface area contributed by atoms with Crippen molar-refractivity contribution in [3.63, 3.8) is 0 Å². The highest BCUT2D eigenvalue weighted by Crippen LogP contribution is 2.32. The zero-order chi connectivity index (χ0) is 9.26. The molecule has 2 nitrogen and oxygen atoms in total. The van der Waals surface area contributed by atoms with Crippen LogP contribution in [0.2, 0.25) is 0 Å². The Labute approximate surface area is 82.7 Å². The van der Waals surface area contributed by atoms with Gasteiger partial charge in [-0.25, -0.2) is 0 Å². The molecule has 72 valence electrons. The molecule has 0 amide bonds. The molecule has 2 unspecified atom stereocenters. The van der Waals surface area contributed by atoms with Gasteiger partial charge in [0.1, 0.15) is 6.10 Å². The number of rotatable bonds is 2. The molecular weight excluding hydrogens is 182 g/mol. The van der Waals surface area contributed by atoms with Crippen LogP contribution in [0.25, 0.3) is 0 Å². The number of thiophene rings is 1. The van der Waals surface area contributed by atoms with E-state index < -0.39 is 0 Å². The van der Waals surface area contributed by atoms with Crippen molar-refractivity contribution in [3.8, 4) is 0 Å². The Hall–Kier alpha value is -0.380. The van der Waals surface area contributed by atoms with Gasteiger partial charge in [-0.1, -0.05) is 6.92 Å². The van der Waals surface area contributed by atoms with Crippen LogP contribution in [0.3, 0.4) is 0 Å². The molecule has 3 heteroatoms. The standard InChI is InChI=1S/C10H15NOS/c1-2-7-3-4-9(13-7)10-8(11)5-6-12-10/h3-4,8,10H,2,5-6,11H2,1H3. The monoisotopic (exact) mass is 197 g/mol. The highest BCUT2D eigenvalue weighted by atomic mass is 32.1. The summed E-state index contributed by atoms with van der Waals surface area (Å²) in [5.74, 6) is 0. The fraction of sp³-hybridized carbons (Fsp3) is 0.600. The number of aryl methyl sites for hydroxylation is 1. The molecule has 0 aliphatic carbocycles. The maximum absolute atomic E-state index is 5.94. The van der Waals surface area contributed by atoms with Gasteiger partial charge < -0.3 is 10.5 Å². The van der Waals surface area contributed by atoms with E-state index in [0.29, 0.717) is 0 Å². The molecule has 0 spiro atoms. The van der Waals surface area contributed by atoms with Gasteiger partial charge in [0.05, 0.1) is 0 Å². The zero-order valence-corrected chi connectivity index (χ0v) is 8.64. The summed E-state index contributed by atoms with van der Waals surface area (Å²) in [4.78, 5) is 2.71. The Morgan fingerprint density at radius 2 is 2.46 bits per heavy atom. The third-order valence-corrected chi connectivity index (χ3v) is 3.74. The van der Waals surface area contributed by atoms with E-state index in [1.165, 1.54) is 9.75 Å². The van der Waals surface area contributed by atoms with Gasteiger partial charge in [0.2, 0.25) is 0 Å². The lowest BCUT2D eigenvalue weighted by atomic mass is 10.1. The van der Waals surface area contributed by atoms with Crippen molar-refractivity contribution in [2.45, 2.75) is 31.9 Å². The first kappa shape index (κ1) is 9.19. The Kier molecular flexibility index (Phi) is 2.67. The van der Waals surface area contributed by atoms with Gasteiger partial charge in [0, 0.05) is 22.4 Å². The minimum atomic E-state index is 0.158. The van der Waals surface area contributed by atoms with E-state index in [1.54, 1.807) is 0 Å². The second-order valence-corrected chi connectivity index (χ2v) is 4.60. The molecule has 0 radical (unpaired) electrons. The van der Waals surface area contributed by atoms with Crippen LogP contribution in [0.5, 0.6) is 0 Å². The van der Waals surface area contributed by atoms with E-state index in [0.717, 1.165) is 19.4 Å². The van der Waals surface area contributed by atoms with Crippen LogP contribution in [0.15, 0.2) is 12.1 Å². The lowest BCUT2D eigenvalue weighted by molar-refractivity contribution is 0.108. The van der Waals surface area contributed by atoms with Gasteiger partial charge in [-0.2, -0.15) is 0 Å². The van der Waals surface area contributed by atoms with Gasteiger partial charge in [-0.3, -0.25) is 0 Å². The van der Waals surface area contributed by atoms with E-state index in [1.807, 2.05) is 11.3 Å². The molecule has 0 aromatic carbocycles. The van der Waals surface area contributed by atoms with Crippen molar-refractivity contribution in [1.82, 2.24) is 0 Å². The third-order valence-electron chi connectivity index (χ3n) is 2.45. The first-order chi connectivity index (χ1) is 6.31. The molecule has 13 heavy (non-hydrogen) atoms. The summed E-state index contributed by atoms with van der Waals surface area (Å²) in [6.45, 7) is 2.98. The van der Waals surface area contributed by atoms with Crippen molar-refractivity contribution in [2.75, 3.05) is 6.61 Å². The second-order valence-electron chi connectivity index (χ2n) is 3.40. The first-order valence-electron chi connectivity index (χ1n) is 4.77. The van der Waals surface area contributed by atoms with Gasteiger partial charge >= 0.3 is 0 Å². The molecular formula is C10H15NOS. The molecule has 1 aromatic heterocycles. The Morgan fingerprint density at radius 3 is 3.00 bits per heavy atom. The second kappa shape index (κ2) is 3.78. The molecule has 2 N–H and O–H groups in total. The quantitative estimate of drug-likeness (QED) is 0.788. The van der Waals surface area contributed by atoms with E-state index in [2.05, 4.69) is 19.1 Å². The highest BCUT2D eigenvalue weighted by Gasteiger charge is 2.27. The van der Waals surface area contributed by atoms with Gasteiger partial charge in [0.25, 0.3) is 0 Å². The summed E-state index contributed by atoms with van der Waals surface area (Å²) >= 11 is 1.83. The normalized spacial score (nSPS) is 28.2. The average Bonchev–Trinajstić information content (AvgIpc) is 2.71. The number of hydrogen-bond acceptors (Lipinski definition) is 3. The van der Waals surface area contributed by atoms with Crippen LogP contribution in [-0.4, -0.2) is 12.6 Å². The third kappa shape index (κ3) is 1.77. The fourth-order valence-corrected chi connectivity index (χ4v) is 2.71. The minimum absolute atomic E-state index is 0.158. The molecule has 0 saturated carbocycles. The van der Waals surface area contributed by atoms with Gasteiger partial charge in [-0.15, -0.1) is 11.3 Å². The lowest BCUT2D eigenvalue weighted by Crippen LogP contribution is -2.22. The summed E-state index contributed by atoms with van der Waals surface area (Å²) in [6.07, 6.45) is 2.25. The molecule has 1 aliphatic heterocycles. The van der Waals surface area contributed by atoms with Gasteiger partial charge in [0.15, 0.2) is 0 Å². The summed E-state index contributed by atoms with van der Waals surface area (Å²) < 4.78 is 5.59. The van der Waals surface area contributed by atoms with E-state index in [-0.39, 0.29) is 12.1 Å². The molecule has 2 heterocycles. The first-order valence-corrected chi connectivity index (χ1v) is 5.58. The van der Waals surface area contributed by atoms with Crippen molar-refractivity contribution in [3.05, 3.63) is 21.9 Å². The average molecular weight is 197 g/mol. The van der Waals surface area contributed by atoms with Crippen LogP contribution < -0.4 is 5.73 Å². The Morgan fingerprint density at radius 1 is 1.62 bits per heavy atom. The topological polar surface area (TPSA) is 35.2 Å². The smallest absolute Gasteiger partial charge is 0.107 e. The number of ether oxygens (including phenoxy) is 1. The lowest BCUT2D eigenvalue weighted by Gasteiger charge is -2.11. The predicted octanol–water partition coefficient (Wildman–Crippen LogP) is 2.10. The van der Waals surface area contributed by atoms with E-state index in [4.69, 9.17) is 10.5 Å². The molecule has 1 aliphatic rings. The largest absolute Gasteiger partial charge is 0.371 e. The molecule has 2 rings (SSSR count). The summed E-state index contributed by atoms with van der Waals surface area (Å²) in [7, 11) is 0. The van der Waals surface area contributed by atoms with Crippen LogP contribution >= 0.6 is 11.3 Å². The summed E-state index contributed by atoms with van der Waals surface area (Å²) in [5, 5.41) is 0. The molecule has 1 aromatic rings. The van der Waals surface area contributed by atoms with E-state index >= 15 is 0 Å². The van der Waals surface area contributed by atoms with Crippen molar-refractivity contribution in [2.24, 2.45) is 5.73 Å². The Balaban J connectivity index is 2.15. The van der Waals surface area contributed by atoms with Gasteiger partial charge in [-0.05, 0) is 25.0 Å². The maximum Gasteiger partial charge on any atom is 0.107 e. The van der Waals surface area contributed by atoms with E-state index in [9.17, 15) is 0 Å².